The molecule has 5 nitrogen and oxygen atoms in total. The summed E-state index contributed by atoms with van der Waals surface area (Å²) in [5.41, 5.74) is 2.91. The van der Waals surface area contributed by atoms with E-state index in [-0.39, 0.29) is 5.91 Å². The third kappa shape index (κ3) is 3.50. The molecule has 5 heteroatoms. The number of rotatable bonds is 6. The van der Waals surface area contributed by atoms with Crippen molar-refractivity contribution in [2.24, 2.45) is 0 Å². The number of nitrogens with one attached hydrogen (secondary N) is 1. The molecule has 1 N–H and O–H groups in total. The largest absolute Gasteiger partial charge is 0.351 e. The van der Waals surface area contributed by atoms with Gasteiger partial charge in [-0.3, -0.25) is 4.79 Å². The molecular weight excluding hydrogens is 288 g/mol. The minimum absolute atomic E-state index is 0.128. The van der Waals surface area contributed by atoms with Crippen LogP contribution in [0.4, 0.5) is 11.5 Å². The molecule has 1 aromatic carbocycles. The van der Waals surface area contributed by atoms with Crippen LogP contribution in [0.25, 0.3) is 0 Å². The fraction of sp³-hybridized carbons (Fsp3) is 0.389. The van der Waals surface area contributed by atoms with Gasteiger partial charge in [0, 0.05) is 24.8 Å². The summed E-state index contributed by atoms with van der Waals surface area (Å²) in [6.07, 6.45) is 5.73. The fourth-order valence-corrected chi connectivity index (χ4v) is 2.86. The van der Waals surface area contributed by atoms with Crippen LogP contribution in [0, 0.1) is 0 Å². The van der Waals surface area contributed by atoms with E-state index in [1.54, 1.807) is 6.07 Å². The van der Waals surface area contributed by atoms with E-state index in [1.807, 2.05) is 6.07 Å². The molecule has 0 bridgehead atoms. The molecule has 1 aliphatic rings. The van der Waals surface area contributed by atoms with E-state index in [0.29, 0.717) is 12.2 Å². The molecule has 3 rings (SSSR count). The van der Waals surface area contributed by atoms with Crippen LogP contribution in [-0.2, 0) is 6.42 Å². The number of benzene rings is 1. The van der Waals surface area contributed by atoms with E-state index >= 15 is 0 Å². The minimum atomic E-state index is -0.128. The van der Waals surface area contributed by atoms with Gasteiger partial charge >= 0.3 is 0 Å². The van der Waals surface area contributed by atoms with Gasteiger partial charge in [0.2, 0.25) is 0 Å². The van der Waals surface area contributed by atoms with E-state index in [9.17, 15) is 4.79 Å². The third-order valence-electron chi connectivity index (χ3n) is 4.11. The molecule has 1 aliphatic heterocycles. The van der Waals surface area contributed by atoms with Gasteiger partial charge in [0.05, 0.1) is 0 Å². The van der Waals surface area contributed by atoms with Crippen LogP contribution < -0.4 is 10.2 Å². The highest BCUT2D eigenvalue weighted by atomic mass is 16.1. The van der Waals surface area contributed by atoms with Crippen molar-refractivity contribution in [1.82, 2.24) is 15.3 Å². The number of carbonyl (C=O) groups is 1. The maximum absolute atomic E-state index is 12.2. The summed E-state index contributed by atoms with van der Waals surface area (Å²) < 4.78 is 0. The highest BCUT2D eigenvalue weighted by Gasteiger charge is 2.21. The number of anilines is 2. The van der Waals surface area contributed by atoms with Crippen molar-refractivity contribution in [2.75, 3.05) is 18.0 Å². The highest BCUT2D eigenvalue weighted by Crippen LogP contribution is 2.32. The average Bonchev–Trinajstić information content (AvgIpc) is 3.03. The number of fused-ring (bicyclic) bond motifs is 1. The second-order valence-electron chi connectivity index (χ2n) is 5.75. The molecule has 2 aromatic rings. The van der Waals surface area contributed by atoms with Crippen molar-refractivity contribution in [1.29, 1.82) is 0 Å². The standard InChI is InChI=1S/C18H22N4O/c1-2-3-6-10-19-18(23)15-12-17(21-13-20-15)22-11-9-14-7-4-5-8-16(14)22/h4-5,7-8,12-13H,2-3,6,9-11H2,1H3,(H,19,23). The lowest BCUT2D eigenvalue weighted by Gasteiger charge is -2.18. The monoisotopic (exact) mass is 310 g/mol. The Morgan fingerprint density at radius 2 is 2.13 bits per heavy atom. The van der Waals surface area contributed by atoms with Crippen LogP contribution in [0.15, 0.2) is 36.7 Å². The van der Waals surface area contributed by atoms with Gasteiger partial charge in [-0.15, -0.1) is 0 Å². The summed E-state index contributed by atoms with van der Waals surface area (Å²) in [5, 5.41) is 2.92. The molecule has 0 saturated carbocycles. The van der Waals surface area contributed by atoms with Crippen molar-refractivity contribution < 1.29 is 4.79 Å². The average molecular weight is 310 g/mol. The Kier molecular flexibility index (Phi) is 4.86. The predicted molar refractivity (Wildman–Crippen MR) is 91.0 cm³/mol. The number of carbonyl (C=O) groups excluding carboxylic acids is 1. The molecule has 120 valence electrons. The number of nitrogens with zero attached hydrogens (tertiary/aromatic N) is 3. The number of hydrogen-bond donors (Lipinski definition) is 1. The smallest absolute Gasteiger partial charge is 0.270 e. The Balaban J connectivity index is 1.72. The Labute approximate surface area is 136 Å². The van der Waals surface area contributed by atoms with E-state index in [0.717, 1.165) is 38.0 Å². The van der Waals surface area contributed by atoms with Crippen molar-refractivity contribution in [2.45, 2.75) is 32.6 Å². The normalized spacial score (nSPS) is 13.0. The van der Waals surface area contributed by atoms with E-state index in [1.165, 1.54) is 17.6 Å². The van der Waals surface area contributed by atoms with E-state index < -0.39 is 0 Å². The number of unbranched alkanes of at least 4 members (excludes halogenated alkanes) is 2. The molecule has 0 atom stereocenters. The molecule has 2 heterocycles. The first-order chi connectivity index (χ1) is 11.3. The Morgan fingerprint density at radius 3 is 3.00 bits per heavy atom. The molecule has 0 aliphatic carbocycles. The Bertz CT molecular complexity index is 686. The van der Waals surface area contributed by atoms with Gasteiger partial charge < -0.3 is 10.2 Å². The van der Waals surface area contributed by atoms with Gasteiger partial charge in [0.1, 0.15) is 17.8 Å². The third-order valence-corrected chi connectivity index (χ3v) is 4.11. The SMILES string of the molecule is CCCCCNC(=O)c1cc(N2CCc3ccccc32)ncn1. The summed E-state index contributed by atoms with van der Waals surface area (Å²) >= 11 is 0. The second kappa shape index (κ2) is 7.22. The molecule has 0 radical (unpaired) electrons. The maximum atomic E-state index is 12.2. The molecule has 0 fully saturated rings. The lowest BCUT2D eigenvalue weighted by molar-refractivity contribution is 0.0948. The fourth-order valence-electron chi connectivity index (χ4n) is 2.86. The number of aromatic nitrogens is 2. The van der Waals surface area contributed by atoms with Crippen LogP contribution in [0.5, 0.6) is 0 Å². The zero-order chi connectivity index (χ0) is 16.1. The van der Waals surface area contributed by atoms with Crippen molar-refractivity contribution in [3.05, 3.63) is 47.9 Å². The highest BCUT2D eigenvalue weighted by molar-refractivity contribution is 5.93. The van der Waals surface area contributed by atoms with Crippen molar-refractivity contribution in [3.63, 3.8) is 0 Å². The molecule has 0 saturated heterocycles. The zero-order valence-corrected chi connectivity index (χ0v) is 13.5. The number of hydrogen-bond acceptors (Lipinski definition) is 4. The van der Waals surface area contributed by atoms with Crippen LogP contribution in [0.3, 0.4) is 0 Å². The van der Waals surface area contributed by atoms with Crippen LogP contribution in [-0.4, -0.2) is 29.0 Å². The predicted octanol–water partition coefficient (Wildman–Crippen LogP) is 3.09. The molecule has 0 unspecified atom stereocenters. The topological polar surface area (TPSA) is 58.1 Å². The molecular formula is C18H22N4O. The summed E-state index contributed by atoms with van der Waals surface area (Å²) in [5.74, 6) is 0.654. The molecule has 23 heavy (non-hydrogen) atoms. The first kappa shape index (κ1) is 15.5. The maximum Gasteiger partial charge on any atom is 0.270 e. The molecule has 0 spiro atoms. The van der Waals surface area contributed by atoms with E-state index in [4.69, 9.17) is 0 Å². The quantitative estimate of drug-likeness (QED) is 0.833. The summed E-state index contributed by atoms with van der Waals surface area (Å²) in [6, 6.07) is 10.1. The van der Waals surface area contributed by atoms with Gasteiger partial charge in [-0.25, -0.2) is 9.97 Å². The van der Waals surface area contributed by atoms with Gasteiger partial charge in [0.25, 0.3) is 5.91 Å². The van der Waals surface area contributed by atoms with Gasteiger partial charge in [-0.1, -0.05) is 38.0 Å². The van der Waals surface area contributed by atoms with Crippen LogP contribution in [0.2, 0.25) is 0 Å². The van der Waals surface area contributed by atoms with Gasteiger partial charge in [-0.2, -0.15) is 0 Å². The Morgan fingerprint density at radius 1 is 1.26 bits per heavy atom. The van der Waals surface area contributed by atoms with E-state index in [2.05, 4.69) is 45.3 Å². The van der Waals surface area contributed by atoms with Crippen molar-refractivity contribution in [3.8, 4) is 0 Å². The first-order valence-corrected chi connectivity index (χ1v) is 8.25. The van der Waals surface area contributed by atoms with Crippen LogP contribution >= 0.6 is 0 Å². The molecule has 1 aromatic heterocycles. The summed E-state index contributed by atoms with van der Waals surface area (Å²) in [4.78, 5) is 22.8. The first-order valence-electron chi connectivity index (χ1n) is 8.25. The Hall–Kier alpha value is -2.43. The minimum Gasteiger partial charge on any atom is -0.351 e. The second-order valence-corrected chi connectivity index (χ2v) is 5.75. The van der Waals surface area contributed by atoms with Crippen molar-refractivity contribution >= 4 is 17.4 Å². The number of para-hydroxylation sites is 1. The summed E-state index contributed by atoms with van der Waals surface area (Å²) in [6.45, 7) is 3.72. The zero-order valence-electron chi connectivity index (χ0n) is 13.5. The van der Waals surface area contributed by atoms with Crippen LogP contribution in [0.1, 0.15) is 42.2 Å². The summed E-state index contributed by atoms with van der Waals surface area (Å²) in [7, 11) is 0. The van der Waals surface area contributed by atoms with Gasteiger partial charge in [0.15, 0.2) is 0 Å². The number of amides is 1. The molecule has 1 amide bonds. The lowest BCUT2D eigenvalue weighted by Crippen LogP contribution is -2.26. The lowest BCUT2D eigenvalue weighted by atomic mass is 10.2. The van der Waals surface area contributed by atoms with Gasteiger partial charge in [-0.05, 0) is 24.5 Å².